The quantitative estimate of drug-likeness (QED) is 0.701. The van der Waals surface area contributed by atoms with E-state index in [0.717, 1.165) is 31.7 Å². The van der Waals surface area contributed by atoms with Crippen LogP contribution in [0.3, 0.4) is 0 Å². The number of likely N-dealkylation sites (tertiary alicyclic amines) is 1. The zero-order valence-electron chi connectivity index (χ0n) is 16.1. The molecule has 0 spiro atoms. The summed E-state index contributed by atoms with van der Waals surface area (Å²) in [6, 6.07) is 9.43. The summed E-state index contributed by atoms with van der Waals surface area (Å²) in [6.45, 7) is 3.33. The average Bonchev–Trinajstić information content (AvgIpc) is 3.16. The van der Waals surface area contributed by atoms with Crippen molar-refractivity contribution in [2.24, 2.45) is 0 Å². The molecule has 7 heteroatoms. The largest absolute Gasteiger partial charge is 0.496 e. The molecule has 0 atom stereocenters. The summed E-state index contributed by atoms with van der Waals surface area (Å²) < 4.78 is 7.26. The lowest BCUT2D eigenvalue weighted by molar-refractivity contribution is 0.102. The van der Waals surface area contributed by atoms with Crippen molar-refractivity contribution in [1.29, 1.82) is 0 Å². The predicted octanol–water partition coefficient (Wildman–Crippen LogP) is 3.53. The summed E-state index contributed by atoms with van der Waals surface area (Å²) in [5, 5.41) is 7.48. The molecule has 6 nitrogen and oxygen atoms in total. The Hall–Kier alpha value is -1.99. The van der Waals surface area contributed by atoms with E-state index in [4.69, 9.17) is 4.74 Å². The summed E-state index contributed by atoms with van der Waals surface area (Å²) in [4.78, 5) is 15.2. The lowest BCUT2D eigenvalue weighted by Crippen LogP contribution is -2.36. The maximum atomic E-state index is 12.7. The number of piperidine rings is 1. The second-order valence-corrected chi connectivity index (χ2v) is 7.72. The fourth-order valence-electron chi connectivity index (χ4n) is 3.54. The van der Waals surface area contributed by atoms with E-state index in [1.807, 2.05) is 34.6 Å². The van der Waals surface area contributed by atoms with Gasteiger partial charge in [0.1, 0.15) is 11.6 Å². The molecule has 1 aromatic heterocycles. The minimum absolute atomic E-state index is 0.177. The van der Waals surface area contributed by atoms with Gasteiger partial charge in [-0.2, -0.15) is 16.9 Å². The molecule has 0 radical (unpaired) electrons. The maximum Gasteiger partial charge on any atom is 0.260 e. The smallest absolute Gasteiger partial charge is 0.260 e. The van der Waals surface area contributed by atoms with E-state index in [0.29, 0.717) is 17.4 Å². The van der Waals surface area contributed by atoms with E-state index < -0.39 is 0 Å². The van der Waals surface area contributed by atoms with Crippen LogP contribution in [0.25, 0.3) is 0 Å². The van der Waals surface area contributed by atoms with Gasteiger partial charge in [-0.25, -0.2) is 4.68 Å². The third kappa shape index (κ3) is 5.05. The molecule has 0 unspecified atom stereocenters. The predicted molar refractivity (Wildman–Crippen MR) is 111 cm³/mol. The molecule has 1 saturated heterocycles. The molecule has 1 fully saturated rings. The van der Waals surface area contributed by atoms with Gasteiger partial charge in [-0.05, 0) is 49.9 Å². The van der Waals surface area contributed by atoms with Crippen molar-refractivity contribution in [3.63, 3.8) is 0 Å². The van der Waals surface area contributed by atoms with E-state index in [-0.39, 0.29) is 5.91 Å². The fraction of sp³-hybridized carbons (Fsp3) is 0.500. The Kier molecular flexibility index (Phi) is 7.18. The Morgan fingerprint density at radius 3 is 2.81 bits per heavy atom. The number of hydrogen-bond acceptors (Lipinski definition) is 5. The number of rotatable bonds is 8. The van der Waals surface area contributed by atoms with Gasteiger partial charge in [-0.15, -0.1) is 0 Å². The molecule has 1 aliphatic rings. The molecule has 3 rings (SSSR count). The van der Waals surface area contributed by atoms with Crippen LogP contribution in [-0.4, -0.2) is 59.3 Å². The van der Waals surface area contributed by atoms with Crippen LogP contribution in [-0.2, 0) is 0 Å². The number of nitrogens with one attached hydrogen (secondary N) is 1. The Morgan fingerprint density at radius 1 is 1.30 bits per heavy atom. The molecule has 1 aliphatic heterocycles. The third-order valence-electron chi connectivity index (χ3n) is 4.99. The summed E-state index contributed by atoms with van der Waals surface area (Å²) in [7, 11) is 1.57. The third-order valence-corrected chi connectivity index (χ3v) is 5.69. The lowest BCUT2D eigenvalue weighted by atomic mass is 10.1. The lowest BCUT2D eigenvalue weighted by Gasteiger charge is -2.32. The first-order valence-electron chi connectivity index (χ1n) is 9.42. The van der Waals surface area contributed by atoms with Gasteiger partial charge < -0.3 is 15.0 Å². The number of aromatic nitrogens is 2. The van der Waals surface area contributed by atoms with Crippen molar-refractivity contribution in [2.75, 3.05) is 44.1 Å². The highest BCUT2D eigenvalue weighted by molar-refractivity contribution is 7.98. The van der Waals surface area contributed by atoms with Crippen LogP contribution in [0.4, 0.5) is 5.82 Å². The number of anilines is 1. The molecule has 0 aliphatic carbocycles. The standard InChI is InChI=1S/C20H28N4O2S/c1-26-18-7-4-3-6-17(18)20(25)22-19-8-11-21-24(19)16-9-13-23(14-10-16)12-5-15-27-2/h3-4,6-8,11,16H,5,9-10,12-15H2,1-2H3,(H,22,25). The van der Waals surface area contributed by atoms with E-state index >= 15 is 0 Å². The fourth-order valence-corrected chi connectivity index (χ4v) is 3.96. The molecule has 2 heterocycles. The molecule has 2 aromatic rings. The van der Waals surface area contributed by atoms with Gasteiger partial charge in [-0.1, -0.05) is 12.1 Å². The van der Waals surface area contributed by atoms with E-state index in [2.05, 4.69) is 21.6 Å². The number of methoxy groups -OCH3 is 1. The number of benzene rings is 1. The number of ether oxygens (including phenoxy) is 1. The van der Waals surface area contributed by atoms with Crippen LogP contribution in [0.15, 0.2) is 36.5 Å². The summed E-state index contributed by atoms with van der Waals surface area (Å²) in [5.41, 5.74) is 0.524. The number of carbonyl (C=O) groups is 1. The van der Waals surface area contributed by atoms with Crippen LogP contribution in [0.5, 0.6) is 5.75 Å². The van der Waals surface area contributed by atoms with Crippen molar-refractivity contribution >= 4 is 23.5 Å². The van der Waals surface area contributed by atoms with Crippen molar-refractivity contribution < 1.29 is 9.53 Å². The van der Waals surface area contributed by atoms with Crippen molar-refractivity contribution in [1.82, 2.24) is 14.7 Å². The Morgan fingerprint density at radius 2 is 2.07 bits per heavy atom. The number of para-hydroxylation sites is 1. The summed E-state index contributed by atoms with van der Waals surface area (Å²) in [6.07, 6.45) is 7.26. The van der Waals surface area contributed by atoms with Gasteiger partial charge in [-0.3, -0.25) is 4.79 Å². The van der Waals surface area contributed by atoms with Gasteiger partial charge >= 0.3 is 0 Å². The van der Waals surface area contributed by atoms with Crippen LogP contribution in [0.1, 0.15) is 35.7 Å². The van der Waals surface area contributed by atoms with Crippen LogP contribution >= 0.6 is 11.8 Å². The van der Waals surface area contributed by atoms with Crippen LogP contribution in [0, 0.1) is 0 Å². The Balaban J connectivity index is 1.61. The van der Waals surface area contributed by atoms with Crippen molar-refractivity contribution in [3.05, 3.63) is 42.1 Å². The number of carbonyl (C=O) groups excluding carboxylic acids is 1. The molecule has 1 N–H and O–H groups in total. The molecule has 1 aromatic carbocycles. The Labute approximate surface area is 165 Å². The SMILES string of the molecule is COc1ccccc1C(=O)Nc1ccnn1C1CCN(CCCSC)CC1. The summed E-state index contributed by atoms with van der Waals surface area (Å²) >= 11 is 1.91. The molecule has 146 valence electrons. The zero-order valence-corrected chi connectivity index (χ0v) is 16.9. The van der Waals surface area contributed by atoms with E-state index in [1.165, 1.54) is 18.7 Å². The highest BCUT2D eigenvalue weighted by Crippen LogP contribution is 2.26. The van der Waals surface area contributed by atoms with Gasteiger partial charge in [0.05, 0.1) is 24.9 Å². The number of hydrogen-bond donors (Lipinski definition) is 1. The van der Waals surface area contributed by atoms with Crippen molar-refractivity contribution in [3.8, 4) is 5.75 Å². The number of thioether (sulfide) groups is 1. The number of nitrogens with zero attached hydrogens (tertiary/aromatic N) is 3. The molecular weight excluding hydrogens is 360 g/mol. The minimum atomic E-state index is -0.177. The highest BCUT2D eigenvalue weighted by atomic mass is 32.2. The zero-order chi connectivity index (χ0) is 19.1. The number of amides is 1. The van der Waals surface area contributed by atoms with Gasteiger partial charge in [0.15, 0.2) is 0 Å². The van der Waals surface area contributed by atoms with Crippen LogP contribution in [0.2, 0.25) is 0 Å². The first-order valence-corrected chi connectivity index (χ1v) is 10.8. The van der Waals surface area contributed by atoms with E-state index in [9.17, 15) is 4.79 Å². The second kappa shape index (κ2) is 9.80. The van der Waals surface area contributed by atoms with Crippen LogP contribution < -0.4 is 10.1 Å². The van der Waals surface area contributed by atoms with Gasteiger partial charge in [0.25, 0.3) is 5.91 Å². The molecular formula is C20H28N4O2S. The van der Waals surface area contributed by atoms with Gasteiger partial charge in [0.2, 0.25) is 0 Å². The molecule has 0 bridgehead atoms. The van der Waals surface area contributed by atoms with Gasteiger partial charge in [0, 0.05) is 19.2 Å². The summed E-state index contributed by atoms with van der Waals surface area (Å²) in [5.74, 6) is 2.35. The first-order chi connectivity index (χ1) is 13.2. The monoisotopic (exact) mass is 388 g/mol. The maximum absolute atomic E-state index is 12.7. The first kappa shape index (κ1) is 19.8. The Bertz CT molecular complexity index is 741. The van der Waals surface area contributed by atoms with E-state index in [1.54, 1.807) is 25.4 Å². The minimum Gasteiger partial charge on any atom is -0.496 e. The highest BCUT2D eigenvalue weighted by Gasteiger charge is 2.23. The van der Waals surface area contributed by atoms with Crippen molar-refractivity contribution in [2.45, 2.75) is 25.3 Å². The topological polar surface area (TPSA) is 59.4 Å². The average molecular weight is 389 g/mol. The molecule has 0 saturated carbocycles. The molecule has 1 amide bonds. The normalized spacial score (nSPS) is 15.6. The second-order valence-electron chi connectivity index (χ2n) is 6.73. The molecule has 27 heavy (non-hydrogen) atoms.